The zero-order chi connectivity index (χ0) is 21.7. The average Bonchev–Trinajstić information content (AvgIpc) is 2.73. The quantitative estimate of drug-likeness (QED) is 0.197. The van der Waals surface area contributed by atoms with Crippen LogP contribution in [0.1, 0.15) is 13.8 Å². The summed E-state index contributed by atoms with van der Waals surface area (Å²) in [6.45, 7) is 4.93. The first kappa shape index (κ1) is 37.4. The Balaban J connectivity index is -0.000000203. The summed E-state index contributed by atoms with van der Waals surface area (Å²) in [5.41, 5.74) is 1.06. The van der Waals surface area contributed by atoms with Crippen LogP contribution in [0.25, 0.3) is 0 Å². The van der Waals surface area contributed by atoms with Crippen molar-refractivity contribution < 1.29 is 93.6 Å². The molecule has 0 aliphatic heterocycles. The van der Waals surface area contributed by atoms with Gasteiger partial charge in [0, 0.05) is 11.9 Å². The second-order valence-electron chi connectivity index (χ2n) is 4.51. The Kier molecular flexibility index (Phi) is 31.7. The topological polar surface area (TPSA) is 185 Å². The molecular weight excluding hydrogens is 446 g/mol. The van der Waals surface area contributed by atoms with Gasteiger partial charge in [-0.25, -0.2) is 5.28 Å². The minimum Gasteiger partial charge on any atom is -0.870 e. The Morgan fingerprint density at radius 2 is 1.22 bits per heavy atom. The minimum absolute atomic E-state index is 0. The molecule has 0 aromatic heterocycles. The number of hydrogen-bond acceptors (Lipinski definition) is 12. The van der Waals surface area contributed by atoms with Crippen molar-refractivity contribution in [2.24, 2.45) is 20.8 Å². The van der Waals surface area contributed by atoms with Crippen molar-refractivity contribution in [1.82, 2.24) is 0 Å². The monoisotopic (exact) mass is 468 g/mol. The third-order valence-electron chi connectivity index (χ3n) is 2.54. The summed E-state index contributed by atoms with van der Waals surface area (Å²) >= 11 is 0. The molecule has 2 rings (SSSR count). The predicted octanol–water partition coefficient (Wildman–Crippen LogP) is -2.11. The molecule has 0 spiro atoms. The molecule has 2 aromatic carbocycles. The number of benzene rings is 2. The number of aliphatic hydroxyl groups excluding tert-OH is 1. The standard InChI is InChI=1S/C9H10N2O3.C7H6N2O3.C2H6O.2Na.H2O/c1-2-14-11-10-8-3-5-9(6-4-8)13-7-12;10-5-12-7-3-1-6(2-4-7)8-9-11;1-2-3;;;/h3-7H,2H2,1H3;1-5H,(H,8,11);3H,2H2,1H3;;;1H2/q;;;2*+1;/p-2. The Morgan fingerprint density at radius 3 is 1.53 bits per heavy atom. The second kappa shape index (κ2) is 27.1. The van der Waals surface area contributed by atoms with Gasteiger partial charge < -0.3 is 30.1 Å². The molecule has 0 unspecified atom stereocenters. The molecule has 0 amide bonds. The van der Waals surface area contributed by atoms with Gasteiger partial charge in [0.1, 0.15) is 18.1 Å². The van der Waals surface area contributed by atoms with Crippen LogP contribution in [0.15, 0.2) is 69.3 Å². The van der Waals surface area contributed by atoms with Crippen LogP contribution in [0.2, 0.25) is 0 Å². The molecule has 0 fully saturated rings. The molecule has 14 heteroatoms. The van der Waals surface area contributed by atoms with E-state index >= 15 is 0 Å². The van der Waals surface area contributed by atoms with E-state index in [-0.39, 0.29) is 71.2 Å². The normalized spacial score (nSPS) is 8.72. The van der Waals surface area contributed by atoms with E-state index in [9.17, 15) is 14.8 Å². The number of rotatable bonds is 8. The van der Waals surface area contributed by atoms with Crippen molar-refractivity contribution in [2.75, 3.05) is 13.2 Å². The Morgan fingerprint density at radius 1 is 0.844 bits per heavy atom. The van der Waals surface area contributed by atoms with Crippen molar-refractivity contribution >= 4 is 24.3 Å². The summed E-state index contributed by atoms with van der Waals surface area (Å²) in [6, 6.07) is 12.6. The van der Waals surface area contributed by atoms with Gasteiger partial charge in [0.2, 0.25) is 0 Å². The first-order chi connectivity index (χ1) is 14.1. The predicted molar refractivity (Wildman–Crippen MR) is 105 cm³/mol. The zero-order valence-electron chi connectivity index (χ0n) is 18.3. The number of nitrogens with zero attached hydrogens (tertiary/aromatic N) is 4. The van der Waals surface area contributed by atoms with Crippen LogP contribution in [0.4, 0.5) is 11.4 Å². The van der Waals surface area contributed by atoms with Crippen molar-refractivity contribution in [2.45, 2.75) is 13.8 Å². The molecule has 0 saturated carbocycles. The first-order valence-corrected chi connectivity index (χ1v) is 8.23. The number of carbonyl (C=O) groups is 2. The molecule has 2 N–H and O–H groups in total. The van der Waals surface area contributed by atoms with Crippen LogP contribution >= 0.6 is 0 Å². The van der Waals surface area contributed by atoms with Gasteiger partial charge in [-0.2, -0.15) is 5.11 Å². The van der Waals surface area contributed by atoms with E-state index in [0.717, 1.165) is 0 Å². The maximum atomic E-state index is 9.99. The largest absolute Gasteiger partial charge is 1.00 e. The Bertz CT molecular complexity index is 748. The van der Waals surface area contributed by atoms with Crippen LogP contribution in [-0.2, 0) is 14.4 Å². The van der Waals surface area contributed by atoms with Gasteiger partial charge in [-0.3, -0.25) is 9.59 Å². The van der Waals surface area contributed by atoms with Crippen molar-refractivity contribution in [3.8, 4) is 11.5 Å². The third-order valence-corrected chi connectivity index (χ3v) is 2.54. The molecule has 0 bridgehead atoms. The van der Waals surface area contributed by atoms with Crippen molar-refractivity contribution in [3.05, 3.63) is 53.7 Å². The van der Waals surface area contributed by atoms with Gasteiger partial charge in [-0.15, -0.1) is 5.11 Å². The van der Waals surface area contributed by atoms with Gasteiger partial charge in [0.15, 0.2) is 0 Å². The van der Waals surface area contributed by atoms with E-state index in [1.54, 1.807) is 31.2 Å². The number of hydrogen-bond donors (Lipinski definition) is 1. The molecule has 12 nitrogen and oxygen atoms in total. The molecule has 0 atom stereocenters. The number of carbonyl (C=O) groups excluding carboxylic acids is 2. The minimum atomic E-state index is 0. The molecule has 0 heterocycles. The molecule has 0 saturated heterocycles. The summed E-state index contributed by atoms with van der Waals surface area (Å²) in [4.78, 5) is 24.5. The van der Waals surface area contributed by atoms with Gasteiger partial charge in [-0.1, -0.05) is 0 Å². The summed E-state index contributed by atoms with van der Waals surface area (Å²) in [7, 11) is 0. The fourth-order valence-corrected chi connectivity index (χ4v) is 1.47. The number of aliphatic hydroxyl groups is 1. The van der Waals surface area contributed by atoms with E-state index in [0.29, 0.717) is 42.4 Å². The molecule has 0 aliphatic carbocycles. The number of ether oxygens (including phenoxy) is 2. The summed E-state index contributed by atoms with van der Waals surface area (Å²) in [5.74, 6) is 0.866. The van der Waals surface area contributed by atoms with E-state index in [1.165, 1.54) is 24.3 Å². The van der Waals surface area contributed by atoms with E-state index in [2.05, 4.69) is 35.1 Å². The molecule has 0 radical (unpaired) electrons. The van der Waals surface area contributed by atoms with Crippen molar-refractivity contribution in [3.63, 3.8) is 0 Å². The van der Waals surface area contributed by atoms with E-state index in [4.69, 9.17) is 5.11 Å². The fourth-order valence-electron chi connectivity index (χ4n) is 1.47. The third kappa shape index (κ3) is 20.0. The van der Waals surface area contributed by atoms with Crippen LogP contribution < -0.4 is 68.6 Å². The van der Waals surface area contributed by atoms with Crippen LogP contribution in [0.5, 0.6) is 11.5 Å². The first-order valence-electron chi connectivity index (χ1n) is 8.23. The maximum Gasteiger partial charge on any atom is 1.00 e. The van der Waals surface area contributed by atoms with Gasteiger partial charge in [0.25, 0.3) is 12.9 Å². The van der Waals surface area contributed by atoms with Crippen LogP contribution in [0, 0.1) is 5.21 Å². The molecular formula is C18H22N4Na2O8. The smallest absolute Gasteiger partial charge is 0.870 e. The Labute approximate surface area is 229 Å². The van der Waals surface area contributed by atoms with Gasteiger partial charge in [0.05, 0.1) is 11.4 Å². The average molecular weight is 468 g/mol. The fraction of sp³-hybridized carbons (Fsp3) is 0.222. The van der Waals surface area contributed by atoms with E-state index < -0.39 is 0 Å². The second-order valence-corrected chi connectivity index (χ2v) is 4.51. The zero-order valence-corrected chi connectivity index (χ0v) is 22.3. The van der Waals surface area contributed by atoms with Crippen molar-refractivity contribution in [1.29, 1.82) is 0 Å². The SMILES string of the molecule is CCO.CCON=Nc1ccc(OC=O)cc1.O=COc1ccc(N=N[O-])cc1.[Na+].[Na+].[OH-]. The molecule has 0 aliphatic rings. The molecule has 32 heavy (non-hydrogen) atoms. The molecule has 2 aromatic rings. The van der Waals surface area contributed by atoms with E-state index in [1.807, 2.05) is 6.92 Å². The van der Waals surface area contributed by atoms with Crippen LogP contribution in [-0.4, -0.2) is 36.7 Å². The summed E-state index contributed by atoms with van der Waals surface area (Å²) in [6.07, 6.45) is 0. The van der Waals surface area contributed by atoms with Gasteiger partial charge in [-0.05, 0) is 62.4 Å². The Hall–Kier alpha value is -1.90. The maximum absolute atomic E-state index is 9.99. The summed E-state index contributed by atoms with van der Waals surface area (Å²) < 4.78 is 9.11. The van der Waals surface area contributed by atoms with Crippen LogP contribution in [0.3, 0.4) is 0 Å². The molecule has 164 valence electrons. The van der Waals surface area contributed by atoms with Gasteiger partial charge >= 0.3 is 59.1 Å². The summed E-state index contributed by atoms with van der Waals surface area (Å²) in [5, 5.41) is 30.0.